The first-order valence-corrected chi connectivity index (χ1v) is 5.16. The Bertz CT molecular complexity index is 485. The highest BCUT2D eigenvalue weighted by Crippen LogP contribution is 2.22. The van der Waals surface area contributed by atoms with E-state index in [-0.39, 0.29) is 0 Å². The minimum Gasteiger partial charge on any atom is -0.457 e. The van der Waals surface area contributed by atoms with E-state index in [2.05, 4.69) is 11.9 Å². The summed E-state index contributed by atoms with van der Waals surface area (Å²) in [4.78, 5) is 3.47. The smallest absolute Gasteiger partial charge is 0.216 e. The predicted molar refractivity (Wildman–Crippen MR) is 60.1 cm³/mol. The van der Waals surface area contributed by atoms with Gasteiger partial charge in [-0.25, -0.2) is 4.98 Å². The fourth-order valence-electron chi connectivity index (χ4n) is 1.41. The molecule has 0 unspecified atom stereocenters. The molecule has 0 N–H and O–H groups in total. The molecule has 0 aliphatic heterocycles. The van der Waals surface area contributed by atoms with Crippen LogP contribution in [0.25, 0.3) is 0 Å². The number of benzene rings is 1. The van der Waals surface area contributed by atoms with Crippen molar-refractivity contribution in [3.8, 4) is 11.5 Å². The molecule has 1 aromatic carbocycles. The Morgan fingerprint density at radius 1 is 1.19 bits per heavy atom. The number of halogens is 1. The molecular weight excluding hydrogens is 205 g/mol. The lowest BCUT2D eigenvalue weighted by atomic mass is 10.2. The monoisotopic (exact) mass is 217 g/mol. The van der Waals surface area contributed by atoms with Gasteiger partial charge in [0.25, 0.3) is 0 Å². The van der Waals surface area contributed by atoms with E-state index in [1.54, 1.807) is 6.07 Å². The van der Waals surface area contributed by atoms with Crippen molar-refractivity contribution in [3.05, 3.63) is 54.1 Å². The number of hydrogen-bond donors (Lipinski definition) is 0. The summed E-state index contributed by atoms with van der Waals surface area (Å²) in [6.45, 7) is 2.07. The molecule has 0 spiro atoms. The molecule has 0 saturated carbocycles. The molecule has 16 heavy (non-hydrogen) atoms. The van der Waals surface area contributed by atoms with Crippen LogP contribution in [0.2, 0.25) is 0 Å². The van der Waals surface area contributed by atoms with E-state index in [1.807, 2.05) is 24.3 Å². The van der Waals surface area contributed by atoms with Gasteiger partial charge < -0.3 is 4.74 Å². The standard InChI is InChI=1S/C13H12FNO/c1-2-10-4-3-5-11(8-10)16-12-6-7-15-13(14)9-12/h3-9H,2H2,1H3. The second-order valence-corrected chi connectivity index (χ2v) is 3.42. The third-order valence-corrected chi connectivity index (χ3v) is 2.24. The highest BCUT2D eigenvalue weighted by atomic mass is 19.1. The molecular formula is C13H12FNO. The molecule has 0 fully saturated rings. The van der Waals surface area contributed by atoms with Crippen molar-refractivity contribution >= 4 is 0 Å². The normalized spacial score (nSPS) is 10.1. The fraction of sp³-hybridized carbons (Fsp3) is 0.154. The maximum Gasteiger partial charge on any atom is 0.216 e. The van der Waals surface area contributed by atoms with E-state index < -0.39 is 5.95 Å². The van der Waals surface area contributed by atoms with Gasteiger partial charge >= 0.3 is 0 Å². The zero-order valence-corrected chi connectivity index (χ0v) is 8.98. The maximum absolute atomic E-state index is 12.8. The number of rotatable bonds is 3. The van der Waals surface area contributed by atoms with Gasteiger partial charge in [0.15, 0.2) is 0 Å². The van der Waals surface area contributed by atoms with E-state index in [0.717, 1.165) is 6.42 Å². The molecule has 0 aliphatic carbocycles. The summed E-state index contributed by atoms with van der Waals surface area (Å²) in [6.07, 6.45) is 2.33. The van der Waals surface area contributed by atoms with Crippen LogP contribution in [0.1, 0.15) is 12.5 Å². The number of hydrogen-bond acceptors (Lipinski definition) is 2. The average Bonchev–Trinajstić information content (AvgIpc) is 2.29. The van der Waals surface area contributed by atoms with Gasteiger partial charge in [0.05, 0.1) is 0 Å². The van der Waals surface area contributed by atoms with Crippen LogP contribution in [0, 0.1) is 5.95 Å². The average molecular weight is 217 g/mol. The Labute approximate surface area is 93.7 Å². The van der Waals surface area contributed by atoms with Gasteiger partial charge in [-0.1, -0.05) is 19.1 Å². The maximum atomic E-state index is 12.8. The third kappa shape index (κ3) is 2.57. The van der Waals surface area contributed by atoms with Crippen LogP contribution in [-0.2, 0) is 6.42 Å². The highest BCUT2D eigenvalue weighted by Gasteiger charge is 2.00. The van der Waals surface area contributed by atoms with Crippen molar-refractivity contribution in [3.63, 3.8) is 0 Å². The molecule has 0 atom stereocenters. The lowest BCUT2D eigenvalue weighted by molar-refractivity contribution is 0.471. The molecule has 0 radical (unpaired) electrons. The zero-order valence-electron chi connectivity index (χ0n) is 8.98. The van der Waals surface area contributed by atoms with E-state index in [1.165, 1.54) is 17.8 Å². The summed E-state index contributed by atoms with van der Waals surface area (Å²) in [6, 6.07) is 10.6. The number of aromatic nitrogens is 1. The lowest BCUT2D eigenvalue weighted by Crippen LogP contribution is -1.88. The molecule has 82 valence electrons. The van der Waals surface area contributed by atoms with Gasteiger partial charge in [0.2, 0.25) is 5.95 Å². The third-order valence-electron chi connectivity index (χ3n) is 2.24. The Morgan fingerprint density at radius 2 is 2.00 bits per heavy atom. The summed E-state index contributed by atoms with van der Waals surface area (Å²) in [7, 11) is 0. The molecule has 2 rings (SSSR count). The van der Waals surface area contributed by atoms with E-state index in [4.69, 9.17) is 4.74 Å². The van der Waals surface area contributed by atoms with E-state index in [0.29, 0.717) is 11.5 Å². The van der Waals surface area contributed by atoms with E-state index in [9.17, 15) is 4.39 Å². The quantitative estimate of drug-likeness (QED) is 0.733. The van der Waals surface area contributed by atoms with Crippen LogP contribution in [0.5, 0.6) is 11.5 Å². The summed E-state index contributed by atoms with van der Waals surface area (Å²) >= 11 is 0. The number of nitrogens with zero attached hydrogens (tertiary/aromatic N) is 1. The second-order valence-electron chi connectivity index (χ2n) is 3.42. The Balaban J connectivity index is 2.20. The topological polar surface area (TPSA) is 22.1 Å². The van der Waals surface area contributed by atoms with Crippen molar-refractivity contribution in [2.75, 3.05) is 0 Å². The number of ether oxygens (including phenoxy) is 1. The van der Waals surface area contributed by atoms with Crippen LogP contribution in [0.4, 0.5) is 4.39 Å². The molecule has 0 amide bonds. The summed E-state index contributed by atoms with van der Waals surface area (Å²) in [5.74, 6) is 0.634. The first-order valence-electron chi connectivity index (χ1n) is 5.16. The highest BCUT2D eigenvalue weighted by molar-refractivity contribution is 5.33. The van der Waals surface area contributed by atoms with Crippen molar-refractivity contribution in [1.29, 1.82) is 0 Å². The molecule has 2 aromatic rings. The molecule has 0 bridgehead atoms. The van der Waals surface area contributed by atoms with Crippen molar-refractivity contribution in [2.24, 2.45) is 0 Å². The Morgan fingerprint density at radius 3 is 2.75 bits per heavy atom. The van der Waals surface area contributed by atoms with Gasteiger partial charge in [-0.05, 0) is 30.2 Å². The molecule has 1 heterocycles. The van der Waals surface area contributed by atoms with Crippen molar-refractivity contribution in [2.45, 2.75) is 13.3 Å². The first-order chi connectivity index (χ1) is 7.78. The summed E-state index contributed by atoms with van der Waals surface area (Å²) in [5.41, 5.74) is 1.19. The zero-order chi connectivity index (χ0) is 11.4. The van der Waals surface area contributed by atoms with Crippen LogP contribution < -0.4 is 4.74 Å². The lowest BCUT2D eigenvalue weighted by Gasteiger charge is -2.06. The van der Waals surface area contributed by atoms with Crippen molar-refractivity contribution < 1.29 is 9.13 Å². The minimum absolute atomic E-state index is 0.459. The van der Waals surface area contributed by atoms with E-state index >= 15 is 0 Å². The van der Waals surface area contributed by atoms with Crippen LogP contribution in [-0.4, -0.2) is 4.98 Å². The van der Waals surface area contributed by atoms with Gasteiger partial charge in [-0.2, -0.15) is 4.39 Å². The fourth-order valence-corrected chi connectivity index (χ4v) is 1.41. The van der Waals surface area contributed by atoms with Crippen LogP contribution in [0.3, 0.4) is 0 Å². The molecule has 0 saturated heterocycles. The minimum atomic E-state index is -0.538. The van der Waals surface area contributed by atoms with Crippen molar-refractivity contribution in [1.82, 2.24) is 4.98 Å². The SMILES string of the molecule is CCc1cccc(Oc2ccnc(F)c2)c1. The Kier molecular flexibility index (Phi) is 3.15. The molecule has 3 heteroatoms. The number of pyridine rings is 1. The largest absolute Gasteiger partial charge is 0.457 e. The molecule has 0 aliphatic rings. The predicted octanol–water partition coefficient (Wildman–Crippen LogP) is 3.58. The first kappa shape index (κ1) is 10.6. The van der Waals surface area contributed by atoms with Gasteiger partial charge in [0, 0.05) is 12.3 Å². The van der Waals surface area contributed by atoms with Gasteiger partial charge in [-0.3, -0.25) is 0 Å². The molecule has 2 nitrogen and oxygen atoms in total. The Hall–Kier alpha value is -1.90. The van der Waals surface area contributed by atoms with Gasteiger partial charge in [0.1, 0.15) is 11.5 Å². The van der Waals surface area contributed by atoms with Crippen LogP contribution >= 0.6 is 0 Å². The summed E-state index contributed by atoms with van der Waals surface area (Å²) in [5, 5.41) is 0. The van der Waals surface area contributed by atoms with Crippen LogP contribution in [0.15, 0.2) is 42.6 Å². The van der Waals surface area contributed by atoms with Gasteiger partial charge in [-0.15, -0.1) is 0 Å². The summed E-state index contributed by atoms with van der Waals surface area (Å²) < 4.78 is 18.3. The second kappa shape index (κ2) is 4.75. The number of aryl methyl sites for hydroxylation is 1. The molecule has 1 aromatic heterocycles.